The number of hydrogen-bond donors (Lipinski definition) is 1. The number of fused-ring (bicyclic) bond motifs is 3. The first-order valence-corrected chi connectivity index (χ1v) is 11.8. The Bertz CT molecular complexity index is 1030. The van der Waals surface area contributed by atoms with Gasteiger partial charge in [0.25, 0.3) is 0 Å². The summed E-state index contributed by atoms with van der Waals surface area (Å²) in [5.41, 5.74) is 6.42. The minimum absolute atomic E-state index is 0.298. The Kier molecular flexibility index (Phi) is 5.72. The normalized spacial score (nSPS) is 24.2. The molecule has 1 fully saturated rings. The first-order valence-electron chi connectivity index (χ1n) is 11.8. The Morgan fingerprint density at radius 2 is 1.77 bits per heavy atom. The summed E-state index contributed by atoms with van der Waals surface area (Å²) in [6, 6.07) is 15.8. The lowest BCUT2D eigenvalue weighted by Gasteiger charge is -2.35. The molecular weight excluding hydrogens is 384 g/mol. The zero-order valence-electron chi connectivity index (χ0n) is 19.0. The van der Waals surface area contributed by atoms with E-state index in [-0.39, 0.29) is 0 Å². The van der Waals surface area contributed by atoms with Gasteiger partial charge in [0, 0.05) is 49.9 Å². The molecule has 2 aliphatic heterocycles. The summed E-state index contributed by atoms with van der Waals surface area (Å²) >= 11 is 0. The molecule has 1 aromatic heterocycles. The van der Waals surface area contributed by atoms with Crippen LogP contribution < -0.4 is 5.32 Å². The third-order valence-corrected chi connectivity index (χ3v) is 6.67. The summed E-state index contributed by atoms with van der Waals surface area (Å²) in [5.74, 6) is 1.17. The Morgan fingerprint density at radius 3 is 2.55 bits per heavy atom. The van der Waals surface area contributed by atoms with E-state index in [2.05, 4.69) is 78.0 Å². The summed E-state index contributed by atoms with van der Waals surface area (Å²) in [7, 11) is 0. The van der Waals surface area contributed by atoms with Crippen LogP contribution in [0, 0.1) is 0 Å². The highest BCUT2D eigenvalue weighted by Gasteiger charge is 2.24. The van der Waals surface area contributed by atoms with Gasteiger partial charge in [-0.3, -0.25) is 4.90 Å². The van der Waals surface area contributed by atoms with Gasteiger partial charge in [-0.15, -0.1) is 0 Å². The van der Waals surface area contributed by atoms with Crippen LogP contribution in [-0.2, 0) is 24.1 Å². The van der Waals surface area contributed by atoms with Crippen molar-refractivity contribution in [3.8, 4) is 0 Å². The van der Waals surface area contributed by atoms with E-state index in [1.165, 1.54) is 33.7 Å². The molecule has 0 saturated carbocycles. The van der Waals surface area contributed by atoms with Crippen molar-refractivity contribution in [3.63, 3.8) is 0 Å². The first kappa shape index (κ1) is 20.5. The maximum absolute atomic E-state index is 5.93. The fraction of sp³-hybridized carbons (Fsp3) is 0.500. The second-order valence-electron chi connectivity index (χ2n) is 9.40. The van der Waals surface area contributed by atoms with Gasteiger partial charge in [0.1, 0.15) is 5.82 Å². The van der Waals surface area contributed by atoms with Crippen molar-refractivity contribution in [3.05, 3.63) is 59.4 Å². The SMILES string of the molecule is C[C@H]1CCc2c(ccc3c2nc(Cc2ccccc2)n3CCN2C[C@H](C)O[C@@H](C)C2)N1. The van der Waals surface area contributed by atoms with E-state index >= 15 is 0 Å². The third kappa shape index (κ3) is 4.35. The zero-order valence-corrected chi connectivity index (χ0v) is 19.0. The molecule has 2 aromatic carbocycles. The third-order valence-electron chi connectivity index (χ3n) is 6.67. The predicted octanol–water partition coefficient (Wildman–Crippen LogP) is 4.48. The maximum Gasteiger partial charge on any atom is 0.114 e. The van der Waals surface area contributed by atoms with Gasteiger partial charge in [-0.1, -0.05) is 30.3 Å². The number of aryl methyl sites for hydroxylation is 1. The minimum Gasteiger partial charge on any atom is -0.382 e. The van der Waals surface area contributed by atoms with Gasteiger partial charge in [-0.25, -0.2) is 4.98 Å². The molecule has 5 nitrogen and oxygen atoms in total. The highest BCUT2D eigenvalue weighted by molar-refractivity contribution is 5.86. The average molecular weight is 419 g/mol. The van der Waals surface area contributed by atoms with Gasteiger partial charge in [0.15, 0.2) is 0 Å². The van der Waals surface area contributed by atoms with Gasteiger partial charge in [-0.2, -0.15) is 0 Å². The Labute approximate surface area is 185 Å². The summed E-state index contributed by atoms with van der Waals surface area (Å²) in [6.07, 6.45) is 3.72. The topological polar surface area (TPSA) is 42.3 Å². The van der Waals surface area contributed by atoms with Crippen LogP contribution in [-0.4, -0.2) is 52.3 Å². The molecule has 0 radical (unpaired) electrons. The van der Waals surface area contributed by atoms with Crippen molar-refractivity contribution >= 4 is 16.7 Å². The smallest absolute Gasteiger partial charge is 0.114 e. The second kappa shape index (κ2) is 8.64. The predicted molar refractivity (Wildman–Crippen MR) is 127 cm³/mol. The number of aromatic nitrogens is 2. The van der Waals surface area contributed by atoms with Crippen molar-refractivity contribution in [2.75, 3.05) is 25.0 Å². The zero-order chi connectivity index (χ0) is 21.4. The van der Waals surface area contributed by atoms with Crippen LogP contribution in [0.1, 0.15) is 44.1 Å². The Morgan fingerprint density at radius 1 is 1.00 bits per heavy atom. The van der Waals surface area contributed by atoms with Crippen molar-refractivity contribution < 1.29 is 4.74 Å². The van der Waals surface area contributed by atoms with Crippen molar-refractivity contribution in [2.45, 2.75) is 64.8 Å². The molecule has 164 valence electrons. The molecule has 3 atom stereocenters. The minimum atomic E-state index is 0.298. The van der Waals surface area contributed by atoms with Crippen LogP contribution >= 0.6 is 0 Å². The molecule has 2 aliphatic rings. The number of hydrogen-bond acceptors (Lipinski definition) is 4. The first-order chi connectivity index (χ1) is 15.1. The molecule has 3 aromatic rings. The molecule has 5 heteroatoms. The van der Waals surface area contributed by atoms with Gasteiger partial charge < -0.3 is 14.6 Å². The molecule has 31 heavy (non-hydrogen) atoms. The summed E-state index contributed by atoms with van der Waals surface area (Å²) in [5, 5.41) is 3.65. The van der Waals surface area contributed by atoms with Crippen molar-refractivity contribution in [2.24, 2.45) is 0 Å². The van der Waals surface area contributed by atoms with Crippen LogP contribution in [0.3, 0.4) is 0 Å². The standard InChI is InChI=1S/C26H34N4O/c1-18-9-10-22-23(27-18)11-12-24-26(22)28-25(15-21-7-5-4-6-8-21)30(24)14-13-29-16-19(2)31-20(3)17-29/h4-8,11-12,18-20,27H,9-10,13-17H2,1-3H3/t18-,19-,20-/m0/s1. The molecular formula is C26H34N4O. The summed E-state index contributed by atoms with van der Waals surface area (Å²) < 4.78 is 8.39. The van der Waals surface area contributed by atoms with E-state index in [1.54, 1.807) is 0 Å². The monoisotopic (exact) mass is 418 g/mol. The fourth-order valence-corrected chi connectivity index (χ4v) is 5.25. The molecule has 0 bridgehead atoms. The number of rotatable bonds is 5. The lowest BCUT2D eigenvalue weighted by atomic mass is 9.98. The molecule has 0 amide bonds. The van der Waals surface area contributed by atoms with E-state index < -0.39 is 0 Å². The van der Waals surface area contributed by atoms with Crippen molar-refractivity contribution in [1.29, 1.82) is 0 Å². The van der Waals surface area contributed by atoms with Crippen LogP contribution in [0.4, 0.5) is 5.69 Å². The lowest BCUT2D eigenvalue weighted by Crippen LogP contribution is -2.46. The van der Waals surface area contributed by atoms with E-state index in [0.717, 1.165) is 45.4 Å². The number of imidazole rings is 1. The fourth-order valence-electron chi connectivity index (χ4n) is 5.25. The molecule has 0 spiro atoms. The van der Waals surface area contributed by atoms with Crippen LogP contribution in [0.25, 0.3) is 11.0 Å². The summed E-state index contributed by atoms with van der Waals surface area (Å²) in [4.78, 5) is 7.76. The number of ether oxygens (including phenoxy) is 1. The molecule has 1 N–H and O–H groups in total. The number of nitrogens with zero attached hydrogens (tertiary/aromatic N) is 3. The van der Waals surface area contributed by atoms with E-state index in [4.69, 9.17) is 9.72 Å². The van der Waals surface area contributed by atoms with Gasteiger partial charge in [0.2, 0.25) is 0 Å². The van der Waals surface area contributed by atoms with Crippen molar-refractivity contribution in [1.82, 2.24) is 14.5 Å². The lowest BCUT2D eigenvalue weighted by molar-refractivity contribution is -0.0685. The number of anilines is 1. The van der Waals surface area contributed by atoms with E-state index in [0.29, 0.717) is 18.2 Å². The Balaban J connectivity index is 1.48. The average Bonchev–Trinajstić information content (AvgIpc) is 3.09. The second-order valence-corrected chi connectivity index (χ2v) is 9.40. The molecule has 0 aliphatic carbocycles. The Hall–Kier alpha value is -2.37. The molecule has 1 saturated heterocycles. The van der Waals surface area contributed by atoms with Crippen LogP contribution in [0.2, 0.25) is 0 Å². The van der Waals surface area contributed by atoms with Gasteiger partial charge in [-0.05, 0) is 51.3 Å². The van der Waals surface area contributed by atoms with Gasteiger partial charge in [0.05, 0.1) is 23.2 Å². The highest BCUT2D eigenvalue weighted by Crippen LogP contribution is 2.32. The van der Waals surface area contributed by atoms with Gasteiger partial charge >= 0.3 is 0 Å². The van der Waals surface area contributed by atoms with E-state index in [1.807, 2.05) is 0 Å². The molecule has 3 heterocycles. The van der Waals surface area contributed by atoms with E-state index in [9.17, 15) is 0 Å². The number of nitrogens with one attached hydrogen (secondary N) is 1. The number of benzene rings is 2. The molecule has 0 unspecified atom stereocenters. The quantitative estimate of drug-likeness (QED) is 0.663. The molecule has 5 rings (SSSR count). The highest BCUT2D eigenvalue weighted by atomic mass is 16.5. The number of morpholine rings is 1. The van der Waals surface area contributed by atoms with Crippen LogP contribution in [0.5, 0.6) is 0 Å². The van der Waals surface area contributed by atoms with Crippen LogP contribution in [0.15, 0.2) is 42.5 Å². The maximum atomic E-state index is 5.93. The summed E-state index contributed by atoms with van der Waals surface area (Å²) in [6.45, 7) is 10.6. The largest absolute Gasteiger partial charge is 0.382 e.